The van der Waals surface area contributed by atoms with E-state index >= 15 is 0 Å². The largest absolute Gasteiger partial charge is 0.484 e. The summed E-state index contributed by atoms with van der Waals surface area (Å²) in [4.78, 5) is 25.5. The molecule has 1 fully saturated rings. The van der Waals surface area contributed by atoms with E-state index in [0.29, 0.717) is 44.0 Å². The highest BCUT2D eigenvalue weighted by Crippen LogP contribution is 2.19. The third-order valence-corrected chi connectivity index (χ3v) is 3.71. The minimum absolute atomic E-state index is 0.00596. The van der Waals surface area contributed by atoms with Gasteiger partial charge in [-0.25, -0.2) is 0 Å². The van der Waals surface area contributed by atoms with Gasteiger partial charge in [0.05, 0.1) is 12.5 Å². The second kappa shape index (κ2) is 7.68. The highest BCUT2D eigenvalue weighted by Gasteiger charge is 2.28. The van der Waals surface area contributed by atoms with Crippen molar-refractivity contribution in [1.29, 1.82) is 0 Å². The van der Waals surface area contributed by atoms with E-state index < -0.39 is 0 Å². The lowest BCUT2D eigenvalue weighted by Gasteiger charge is -2.30. The number of ether oxygens (including phenoxy) is 2. The van der Waals surface area contributed by atoms with E-state index in [0.717, 1.165) is 0 Å². The minimum Gasteiger partial charge on any atom is -0.484 e. The maximum atomic E-state index is 12.1. The number of anilines is 1. The fourth-order valence-electron chi connectivity index (χ4n) is 2.43. The zero-order valence-corrected chi connectivity index (χ0v) is 12.8. The summed E-state index contributed by atoms with van der Waals surface area (Å²) < 4.78 is 10.5. The molecule has 1 heterocycles. The van der Waals surface area contributed by atoms with E-state index in [-0.39, 0.29) is 24.4 Å². The van der Waals surface area contributed by atoms with Gasteiger partial charge in [0.25, 0.3) is 5.91 Å². The van der Waals surface area contributed by atoms with Gasteiger partial charge in [-0.2, -0.15) is 0 Å². The number of hydrogen-bond acceptors (Lipinski definition) is 5. The molecule has 6 nitrogen and oxygen atoms in total. The van der Waals surface area contributed by atoms with Gasteiger partial charge in [0, 0.05) is 18.8 Å². The molecule has 2 N–H and O–H groups in total. The van der Waals surface area contributed by atoms with Gasteiger partial charge in [-0.1, -0.05) is 0 Å². The molecule has 0 atom stereocenters. The lowest BCUT2D eigenvalue weighted by molar-refractivity contribution is -0.151. The first-order chi connectivity index (χ1) is 10.6. The monoisotopic (exact) mass is 306 g/mol. The zero-order valence-electron chi connectivity index (χ0n) is 12.8. The molecule has 120 valence electrons. The maximum Gasteiger partial charge on any atom is 0.309 e. The van der Waals surface area contributed by atoms with Crippen molar-refractivity contribution in [3.63, 3.8) is 0 Å². The lowest BCUT2D eigenvalue weighted by atomic mass is 9.97. The van der Waals surface area contributed by atoms with Crippen LogP contribution < -0.4 is 10.5 Å². The third kappa shape index (κ3) is 4.38. The molecule has 0 saturated carbocycles. The molecule has 1 aromatic rings. The van der Waals surface area contributed by atoms with Crippen molar-refractivity contribution in [2.24, 2.45) is 5.92 Å². The molecule has 0 bridgehead atoms. The van der Waals surface area contributed by atoms with Gasteiger partial charge in [0.2, 0.25) is 0 Å². The first kappa shape index (κ1) is 16.1. The molecule has 0 aromatic heterocycles. The predicted octanol–water partition coefficient (Wildman–Crippen LogP) is 1.45. The number of hydrogen-bond donors (Lipinski definition) is 1. The average Bonchev–Trinajstić information content (AvgIpc) is 2.54. The standard InChI is InChI=1S/C16H22N2O4/c1-2-21-16(20)12-7-9-18(10-8-12)15(19)11-22-14-5-3-13(17)4-6-14/h3-6,12H,2,7-11,17H2,1H3. The van der Waals surface area contributed by atoms with E-state index in [2.05, 4.69) is 0 Å². The number of amides is 1. The van der Waals surface area contributed by atoms with Gasteiger partial charge >= 0.3 is 5.97 Å². The topological polar surface area (TPSA) is 81.9 Å². The predicted molar refractivity (Wildman–Crippen MR) is 82.3 cm³/mol. The number of piperidine rings is 1. The molecule has 22 heavy (non-hydrogen) atoms. The molecule has 0 spiro atoms. The molecule has 6 heteroatoms. The van der Waals surface area contributed by atoms with Crippen molar-refractivity contribution in [3.05, 3.63) is 24.3 Å². The number of carbonyl (C=O) groups excluding carboxylic acids is 2. The van der Waals surface area contributed by atoms with Crippen LogP contribution in [0.25, 0.3) is 0 Å². The van der Waals surface area contributed by atoms with Crippen LogP contribution in [0.5, 0.6) is 5.75 Å². The summed E-state index contributed by atoms with van der Waals surface area (Å²) in [5.41, 5.74) is 6.24. The van der Waals surface area contributed by atoms with Gasteiger partial charge in [-0.3, -0.25) is 9.59 Å². The van der Waals surface area contributed by atoms with Gasteiger partial charge in [0.15, 0.2) is 6.61 Å². The van der Waals surface area contributed by atoms with Gasteiger partial charge in [-0.05, 0) is 44.0 Å². The molecule has 0 radical (unpaired) electrons. The van der Waals surface area contributed by atoms with E-state index in [1.54, 1.807) is 36.1 Å². The minimum atomic E-state index is -0.160. The normalized spacial score (nSPS) is 15.4. The zero-order chi connectivity index (χ0) is 15.9. The molecule has 1 saturated heterocycles. The Hall–Kier alpha value is -2.24. The molecule has 0 unspecified atom stereocenters. The van der Waals surface area contributed by atoms with Crippen molar-refractivity contribution in [2.75, 3.05) is 32.0 Å². The number of nitrogen functional groups attached to an aromatic ring is 1. The van der Waals surface area contributed by atoms with Crippen LogP contribution in [-0.2, 0) is 14.3 Å². The summed E-state index contributed by atoms with van der Waals surface area (Å²) in [6.45, 7) is 3.31. The first-order valence-electron chi connectivity index (χ1n) is 7.53. The molecule has 1 aromatic carbocycles. The van der Waals surface area contributed by atoms with Crippen LogP contribution in [0.2, 0.25) is 0 Å². The van der Waals surface area contributed by atoms with Crippen LogP contribution in [0.1, 0.15) is 19.8 Å². The maximum absolute atomic E-state index is 12.1. The Bertz CT molecular complexity index is 507. The molecule has 1 amide bonds. The Kier molecular flexibility index (Phi) is 5.63. The van der Waals surface area contributed by atoms with Crippen molar-refractivity contribution in [1.82, 2.24) is 4.90 Å². The SMILES string of the molecule is CCOC(=O)C1CCN(C(=O)COc2ccc(N)cc2)CC1. The van der Waals surface area contributed by atoms with Crippen LogP contribution in [0.4, 0.5) is 5.69 Å². The van der Waals surface area contributed by atoms with Crippen LogP contribution in [0.15, 0.2) is 24.3 Å². The number of nitrogens with zero attached hydrogens (tertiary/aromatic N) is 1. The number of carbonyl (C=O) groups is 2. The summed E-state index contributed by atoms with van der Waals surface area (Å²) in [6, 6.07) is 6.92. The molecule has 0 aliphatic carbocycles. The van der Waals surface area contributed by atoms with Crippen LogP contribution >= 0.6 is 0 Å². The Morgan fingerprint density at radius 3 is 2.45 bits per heavy atom. The smallest absolute Gasteiger partial charge is 0.309 e. The number of rotatable bonds is 5. The Balaban J connectivity index is 1.75. The fourth-order valence-corrected chi connectivity index (χ4v) is 2.43. The summed E-state index contributed by atoms with van der Waals surface area (Å²) in [5.74, 6) is 0.290. The van der Waals surface area contributed by atoms with Crippen molar-refractivity contribution >= 4 is 17.6 Å². The number of benzene rings is 1. The molecule has 1 aliphatic heterocycles. The average molecular weight is 306 g/mol. The Morgan fingerprint density at radius 2 is 1.86 bits per heavy atom. The molecular weight excluding hydrogens is 284 g/mol. The third-order valence-electron chi connectivity index (χ3n) is 3.71. The summed E-state index contributed by atoms with van der Waals surface area (Å²) >= 11 is 0. The van der Waals surface area contributed by atoms with E-state index in [1.807, 2.05) is 0 Å². The van der Waals surface area contributed by atoms with Crippen LogP contribution in [-0.4, -0.2) is 43.1 Å². The van der Waals surface area contributed by atoms with Crippen molar-refractivity contribution in [2.45, 2.75) is 19.8 Å². The summed E-state index contributed by atoms with van der Waals surface area (Å²) in [6.07, 6.45) is 1.29. The Labute approximate surface area is 130 Å². The second-order valence-electron chi connectivity index (χ2n) is 5.26. The van der Waals surface area contributed by atoms with E-state index in [1.165, 1.54) is 0 Å². The summed E-state index contributed by atoms with van der Waals surface area (Å²) in [5, 5.41) is 0. The van der Waals surface area contributed by atoms with Crippen LogP contribution in [0.3, 0.4) is 0 Å². The number of esters is 1. The Morgan fingerprint density at radius 1 is 1.23 bits per heavy atom. The molecule has 1 aliphatic rings. The van der Waals surface area contributed by atoms with E-state index in [4.69, 9.17) is 15.2 Å². The first-order valence-corrected chi connectivity index (χ1v) is 7.53. The lowest BCUT2D eigenvalue weighted by Crippen LogP contribution is -2.42. The second-order valence-corrected chi connectivity index (χ2v) is 5.26. The molecule has 2 rings (SSSR count). The van der Waals surface area contributed by atoms with Crippen LogP contribution in [0, 0.1) is 5.92 Å². The van der Waals surface area contributed by atoms with Crippen molar-refractivity contribution < 1.29 is 19.1 Å². The quantitative estimate of drug-likeness (QED) is 0.657. The molecular formula is C16H22N2O4. The van der Waals surface area contributed by atoms with Gasteiger partial charge in [-0.15, -0.1) is 0 Å². The van der Waals surface area contributed by atoms with Gasteiger partial charge < -0.3 is 20.1 Å². The van der Waals surface area contributed by atoms with E-state index in [9.17, 15) is 9.59 Å². The number of likely N-dealkylation sites (tertiary alicyclic amines) is 1. The summed E-state index contributed by atoms with van der Waals surface area (Å²) in [7, 11) is 0. The van der Waals surface area contributed by atoms with Crippen molar-refractivity contribution in [3.8, 4) is 5.75 Å². The highest BCUT2D eigenvalue weighted by atomic mass is 16.5. The fraction of sp³-hybridized carbons (Fsp3) is 0.500. The van der Waals surface area contributed by atoms with Gasteiger partial charge in [0.1, 0.15) is 5.75 Å². The highest BCUT2D eigenvalue weighted by molar-refractivity contribution is 5.78. The number of nitrogens with two attached hydrogens (primary N) is 1.